The van der Waals surface area contributed by atoms with Crippen molar-refractivity contribution in [3.05, 3.63) is 0 Å². The van der Waals surface area contributed by atoms with Crippen molar-refractivity contribution in [1.29, 1.82) is 0 Å². The van der Waals surface area contributed by atoms with Crippen LogP contribution in [0.5, 0.6) is 0 Å². The van der Waals surface area contributed by atoms with Gasteiger partial charge >= 0.3 is 29.7 Å². The second-order valence-electron chi connectivity index (χ2n) is 0.606. The zero-order valence-corrected chi connectivity index (χ0v) is 2.77. The molecule has 0 aromatic heterocycles. The molecule has 3 heteroatoms. The molecular formula is C2H4BNO. The third-order valence-corrected chi connectivity index (χ3v) is 0.201. The molecule has 0 aliphatic heterocycles. The van der Waals surface area contributed by atoms with E-state index >= 15 is 0 Å². The normalized spacial score (nSPS) is 5.60. The Hall–Kier alpha value is -0.595. The number of nitrogens with two attached hydrogens (primary N) is 1. The van der Waals surface area contributed by atoms with Crippen LogP contribution in [0.25, 0.3) is 0 Å². The monoisotopic (exact) mass is 69.0 g/mol. The molecule has 0 spiro atoms. The molecule has 0 aromatic rings. The maximum absolute atomic E-state index is 9.47. The molecule has 0 rings (SSSR count). The fourth-order valence-electron chi connectivity index (χ4n) is 0. The Labute approximate surface area is 30.9 Å². The molecule has 0 bridgehead atoms. The molecule has 0 aromatic carbocycles. The summed E-state index contributed by atoms with van der Waals surface area (Å²) >= 11 is 0. The summed E-state index contributed by atoms with van der Waals surface area (Å²) in [6.07, 6.45) is 0. The Morgan fingerprint density at radius 2 is 2.20 bits per heavy atom. The molecule has 2 N–H and O–H groups in total. The summed E-state index contributed by atoms with van der Waals surface area (Å²) in [5.41, 5.74) is 4.53. The molecule has 0 radical (unpaired) electrons. The summed E-state index contributed by atoms with van der Waals surface area (Å²) in [5, 5.41) is 0. The Balaban J connectivity index is 3.20. The van der Waals surface area contributed by atoms with E-state index in [-0.39, 0.29) is 0 Å². The summed E-state index contributed by atoms with van der Waals surface area (Å²) < 4.78 is 0. The van der Waals surface area contributed by atoms with Crippen LogP contribution >= 0.6 is 0 Å². The fraction of sp³-hybridized carbons (Fsp3) is 0. The van der Waals surface area contributed by atoms with Gasteiger partial charge in [0.05, 0.1) is 0 Å². The van der Waals surface area contributed by atoms with Gasteiger partial charge in [-0.25, -0.2) is 0 Å². The van der Waals surface area contributed by atoms with Crippen molar-refractivity contribution in [2.45, 2.75) is 0 Å². The summed E-state index contributed by atoms with van der Waals surface area (Å²) in [6.45, 7) is 4.14. The predicted molar refractivity (Wildman–Crippen MR) is 22.5 cm³/mol. The van der Waals surface area contributed by atoms with Crippen molar-refractivity contribution >= 4 is 19.2 Å². The number of carbonyl (C=O) groups is 1. The Bertz CT molecular complexity index is 60.7. The van der Waals surface area contributed by atoms with Gasteiger partial charge in [-0.05, 0) is 0 Å². The van der Waals surface area contributed by atoms with Crippen molar-refractivity contribution in [1.82, 2.24) is 0 Å². The molecule has 0 saturated carbocycles. The molecule has 0 fully saturated rings. The first-order valence-corrected chi connectivity index (χ1v) is 1.19. The first-order valence-electron chi connectivity index (χ1n) is 1.19. The topological polar surface area (TPSA) is 43.1 Å². The van der Waals surface area contributed by atoms with Gasteiger partial charge in [-0.15, -0.1) is 0 Å². The van der Waals surface area contributed by atoms with E-state index in [0.717, 1.165) is 6.92 Å². The number of rotatable bonds is 1. The summed E-state index contributed by atoms with van der Waals surface area (Å²) in [4.78, 5) is 9.47. The number of hydrogen-bond donors (Lipinski definition) is 1. The summed E-state index contributed by atoms with van der Waals surface area (Å²) in [5.74, 6) is -0.481. The van der Waals surface area contributed by atoms with Crippen LogP contribution in [0.4, 0.5) is 4.79 Å². The molecular weight excluding hydrogens is 64.8 g/mol. The van der Waals surface area contributed by atoms with Gasteiger partial charge < -0.3 is 0 Å². The van der Waals surface area contributed by atoms with E-state index < -0.39 is 5.81 Å². The number of primary amides is 1. The fourth-order valence-corrected chi connectivity index (χ4v) is 0. The third kappa shape index (κ3) is 3.40. The second kappa shape index (κ2) is 1.70. The van der Waals surface area contributed by atoms with Gasteiger partial charge in [-0.2, -0.15) is 0 Å². The second-order valence-corrected chi connectivity index (χ2v) is 0.606. The van der Waals surface area contributed by atoms with Gasteiger partial charge in [0, 0.05) is 0 Å². The van der Waals surface area contributed by atoms with E-state index in [1.54, 1.807) is 0 Å². The Kier molecular flexibility index (Phi) is 1.50. The molecule has 0 aliphatic carbocycles. The van der Waals surface area contributed by atoms with Gasteiger partial charge in [0.2, 0.25) is 0 Å². The summed E-state index contributed by atoms with van der Waals surface area (Å²) in [7, 11) is 0. The van der Waals surface area contributed by atoms with E-state index in [1.165, 1.54) is 0 Å². The van der Waals surface area contributed by atoms with Crippen LogP contribution in [0.1, 0.15) is 0 Å². The number of carbonyl (C=O) groups excluding carboxylic acids is 1. The quantitative estimate of drug-likeness (QED) is 0.402. The van der Waals surface area contributed by atoms with Crippen LogP contribution in [0.3, 0.4) is 0 Å². The van der Waals surface area contributed by atoms with E-state index in [9.17, 15) is 4.79 Å². The third-order valence-electron chi connectivity index (χ3n) is 0.201. The van der Waals surface area contributed by atoms with Crippen molar-refractivity contribution in [3.63, 3.8) is 0 Å². The SMILES string of the molecule is C=BC(N)=O. The van der Waals surface area contributed by atoms with Gasteiger partial charge in [0.1, 0.15) is 0 Å². The molecule has 2 nitrogen and oxygen atoms in total. The zero-order valence-electron chi connectivity index (χ0n) is 2.77. The van der Waals surface area contributed by atoms with Crippen LogP contribution in [0.2, 0.25) is 0 Å². The van der Waals surface area contributed by atoms with Crippen LogP contribution < -0.4 is 5.73 Å². The Morgan fingerprint density at radius 1 is 2.00 bits per heavy atom. The van der Waals surface area contributed by atoms with Gasteiger partial charge in [-0.1, -0.05) is 0 Å². The summed E-state index contributed by atoms with van der Waals surface area (Å²) in [6, 6.07) is 0. The van der Waals surface area contributed by atoms with Crippen LogP contribution in [-0.2, 0) is 0 Å². The molecule has 26 valence electrons. The van der Waals surface area contributed by atoms with Gasteiger partial charge in [-0.3, -0.25) is 0 Å². The minimum absolute atomic E-state index is 0.481. The van der Waals surface area contributed by atoms with Crippen LogP contribution in [0, 0.1) is 0 Å². The van der Waals surface area contributed by atoms with E-state index in [4.69, 9.17) is 0 Å². The molecule has 0 atom stereocenters. The molecule has 0 unspecified atom stereocenters. The first-order chi connectivity index (χ1) is 2.27. The Morgan fingerprint density at radius 3 is 2.20 bits per heavy atom. The minimum atomic E-state index is -0.481. The van der Waals surface area contributed by atoms with Gasteiger partial charge in [0.25, 0.3) is 0 Å². The average molecular weight is 68.9 g/mol. The molecule has 0 aliphatic rings. The van der Waals surface area contributed by atoms with Crippen LogP contribution in [-0.4, -0.2) is 19.2 Å². The number of amides is 1. The molecule has 5 heavy (non-hydrogen) atoms. The van der Waals surface area contributed by atoms with Crippen molar-refractivity contribution in [2.75, 3.05) is 0 Å². The van der Waals surface area contributed by atoms with Crippen molar-refractivity contribution in [2.24, 2.45) is 5.73 Å². The zero-order chi connectivity index (χ0) is 4.28. The average Bonchev–Trinajstić information content (AvgIpc) is 1.38. The van der Waals surface area contributed by atoms with Crippen molar-refractivity contribution < 1.29 is 4.79 Å². The number of hydrogen-bond acceptors (Lipinski definition) is 1. The molecule has 0 heterocycles. The molecule has 0 saturated heterocycles. The maximum atomic E-state index is 9.47. The molecule has 1 amide bonds. The first kappa shape index (κ1) is 4.40. The predicted octanol–water partition coefficient (Wildman–Crippen LogP) is -0.799. The van der Waals surface area contributed by atoms with Gasteiger partial charge in [0.15, 0.2) is 0 Å². The van der Waals surface area contributed by atoms with E-state index in [2.05, 4.69) is 12.2 Å². The van der Waals surface area contributed by atoms with Crippen molar-refractivity contribution in [3.8, 4) is 0 Å². The van der Waals surface area contributed by atoms with E-state index in [0.29, 0.717) is 0 Å². The standard InChI is InChI=1S/C2H4BNO/c1-3-2(4)5/h1H2,(H2,4,5). The van der Waals surface area contributed by atoms with E-state index in [1.807, 2.05) is 0 Å². The van der Waals surface area contributed by atoms with Crippen LogP contribution in [0.15, 0.2) is 0 Å².